The summed E-state index contributed by atoms with van der Waals surface area (Å²) in [6.07, 6.45) is 0.989. The van der Waals surface area contributed by atoms with Gasteiger partial charge in [-0.15, -0.1) is 0 Å². The molecule has 0 spiro atoms. The van der Waals surface area contributed by atoms with E-state index < -0.39 is 18.3 Å². The van der Waals surface area contributed by atoms with Gasteiger partial charge in [0.15, 0.2) is 5.82 Å². The number of benzene rings is 1. The molecule has 27 heavy (non-hydrogen) atoms. The predicted molar refractivity (Wildman–Crippen MR) is 104 cm³/mol. The van der Waals surface area contributed by atoms with Gasteiger partial charge in [-0.2, -0.15) is 0 Å². The molecule has 0 saturated carbocycles. The number of halogens is 2. The molecular weight excluding hydrogens is 391 g/mol. The molecule has 2 aromatic rings. The number of hydrogen-bond acceptors (Lipinski definition) is 5. The Morgan fingerprint density at radius 2 is 1.89 bits per heavy atom. The fourth-order valence-electron chi connectivity index (χ4n) is 3.16. The van der Waals surface area contributed by atoms with Crippen molar-refractivity contribution < 1.29 is 14.7 Å². The van der Waals surface area contributed by atoms with Crippen LogP contribution in [0, 0.1) is 0 Å². The number of nitrogens with zero attached hydrogens (tertiary/aromatic N) is 3. The van der Waals surface area contributed by atoms with E-state index in [-0.39, 0.29) is 6.04 Å². The van der Waals surface area contributed by atoms with Gasteiger partial charge in [0, 0.05) is 30.9 Å². The van der Waals surface area contributed by atoms with Gasteiger partial charge in [0.2, 0.25) is 5.91 Å². The Balaban J connectivity index is 1.93. The van der Waals surface area contributed by atoms with Crippen molar-refractivity contribution in [3.8, 4) is 0 Å². The van der Waals surface area contributed by atoms with Crippen LogP contribution in [-0.4, -0.2) is 46.5 Å². The fraction of sp³-hybridized carbons (Fsp3) is 0.278. The van der Waals surface area contributed by atoms with Gasteiger partial charge in [-0.1, -0.05) is 35.3 Å². The van der Waals surface area contributed by atoms with E-state index in [1.807, 2.05) is 17.0 Å². The van der Waals surface area contributed by atoms with Crippen LogP contribution in [0.3, 0.4) is 0 Å². The lowest BCUT2D eigenvalue weighted by molar-refractivity contribution is -0.144. The molecule has 1 saturated heterocycles. The van der Waals surface area contributed by atoms with E-state index in [9.17, 15) is 9.59 Å². The van der Waals surface area contributed by atoms with Crippen molar-refractivity contribution in [1.29, 1.82) is 0 Å². The summed E-state index contributed by atoms with van der Waals surface area (Å²) in [5.41, 5.74) is 7.47. The number of piperazine rings is 1. The molecule has 9 heteroatoms. The van der Waals surface area contributed by atoms with Gasteiger partial charge in [0.25, 0.3) is 0 Å². The molecule has 1 amide bonds. The third-order valence-electron chi connectivity index (χ3n) is 4.42. The number of nitrogens with two attached hydrogens (primary N) is 1. The van der Waals surface area contributed by atoms with Crippen LogP contribution >= 0.6 is 23.2 Å². The van der Waals surface area contributed by atoms with Crippen molar-refractivity contribution in [3.05, 3.63) is 52.1 Å². The third-order valence-corrected chi connectivity index (χ3v) is 4.88. The second-order valence-electron chi connectivity index (χ2n) is 6.24. The van der Waals surface area contributed by atoms with Crippen molar-refractivity contribution in [1.82, 2.24) is 9.88 Å². The fourth-order valence-corrected chi connectivity index (χ4v) is 3.45. The SMILES string of the molecule is Nc1cc(Cl)cnc1N1CCN(C(=O)CC(=O)O)CC1c1ccc(Cl)cc1. The Morgan fingerprint density at radius 1 is 1.19 bits per heavy atom. The number of aliphatic carboxylic acids is 1. The lowest BCUT2D eigenvalue weighted by Gasteiger charge is -2.42. The zero-order chi connectivity index (χ0) is 19.6. The molecule has 1 aromatic heterocycles. The average molecular weight is 409 g/mol. The Kier molecular flexibility index (Phi) is 5.72. The number of aromatic nitrogens is 1. The molecule has 1 unspecified atom stereocenters. The molecule has 1 fully saturated rings. The minimum absolute atomic E-state index is 0.246. The summed E-state index contributed by atoms with van der Waals surface area (Å²) in [7, 11) is 0. The summed E-state index contributed by atoms with van der Waals surface area (Å²) in [5, 5.41) is 9.95. The summed E-state index contributed by atoms with van der Waals surface area (Å²) in [5.74, 6) is -0.989. The van der Waals surface area contributed by atoms with Gasteiger partial charge in [0.1, 0.15) is 6.42 Å². The molecule has 0 radical (unpaired) electrons. The van der Waals surface area contributed by atoms with Gasteiger partial charge >= 0.3 is 5.97 Å². The highest BCUT2D eigenvalue weighted by Gasteiger charge is 2.33. The zero-order valence-electron chi connectivity index (χ0n) is 14.3. The molecule has 1 atom stereocenters. The quantitative estimate of drug-likeness (QED) is 0.754. The third kappa shape index (κ3) is 4.43. The second kappa shape index (κ2) is 8.02. The highest BCUT2D eigenvalue weighted by molar-refractivity contribution is 6.31. The summed E-state index contributed by atoms with van der Waals surface area (Å²) >= 11 is 11.9. The summed E-state index contributed by atoms with van der Waals surface area (Å²) < 4.78 is 0. The maximum absolute atomic E-state index is 12.2. The molecule has 3 rings (SSSR count). The monoisotopic (exact) mass is 408 g/mol. The highest BCUT2D eigenvalue weighted by Crippen LogP contribution is 2.34. The van der Waals surface area contributed by atoms with Crippen molar-refractivity contribution >= 4 is 46.6 Å². The Morgan fingerprint density at radius 3 is 2.52 bits per heavy atom. The lowest BCUT2D eigenvalue weighted by atomic mass is 10.0. The van der Waals surface area contributed by atoms with Crippen LogP contribution in [0.2, 0.25) is 10.0 Å². The molecule has 3 N–H and O–H groups in total. The number of rotatable bonds is 4. The molecule has 1 aliphatic rings. The van der Waals surface area contributed by atoms with Crippen molar-refractivity contribution in [2.45, 2.75) is 12.5 Å². The molecule has 7 nitrogen and oxygen atoms in total. The molecule has 0 aliphatic carbocycles. The van der Waals surface area contributed by atoms with E-state index in [1.165, 1.54) is 6.20 Å². The largest absolute Gasteiger partial charge is 0.481 e. The van der Waals surface area contributed by atoms with E-state index in [1.54, 1.807) is 23.1 Å². The smallest absolute Gasteiger partial charge is 0.312 e. The van der Waals surface area contributed by atoms with E-state index >= 15 is 0 Å². The van der Waals surface area contributed by atoms with Gasteiger partial charge in [-0.05, 0) is 23.8 Å². The van der Waals surface area contributed by atoms with Crippen LogP contribution in [0.4, 0.5) is 11.5 Å². The van der Waals surface area contributed by atoms with Gasteiger partial charge in [0.05, 0.1) is 16.8 Å². The second-order valence-corrected chi connectivity index (χ2v) is 7.11. The Hall–Kier alpha value is -2.51. The number of nitrogen functional groups attached to an aromatic ring is 1. The Labute approximate surface area is 166 Å². The van der Waals surface area contributed by atoms with Crippen molar-refractivity contribution in [3.63, 3.8) is 0 Å². The van der Waals surface area contributed by atoms with Crippen LogP contribution in [0.15, 0.2) is 36.5 Å². The lowest BCUT2D eigenvalue weighted by Crippen LogP contribution is -2.51. The number of carbonyl (C=O) groups excluding carboxylic acids is 1. The number of amides is 1. The molecule has 1 aromatic carbocycles. The van der Waals surface area contributed by atoms with Gasteiger partial charge in [-0.25, -0.2) is 4.98 Å². The Bertz CT molecular complexity index is 860. The average Bonchev–Trinajstić information content (AvgIpc) is 2.61. The first kappa shape index (κ1) is 19.3. The molecule has 1 aliphatic heterocycles. The normalized spacial score (nSPS) is 17.0. The first-order valence-electron chi connectivity index (χ1n) is 8.28. The molecule has 142 valence electrons. The van der Waals surface area contributed by atoms with Gasteiger partial charge < -0.3 is 20.6 Å². The van der Waals surface area contributed by atoms with Crippen LogP contribution in [0.5, 0.6) is 0 Å². The van der Waals surface area contributed by atoms with Crippen LogP contribution in [0.1, 0.15) is 18.0 Å². The predicted octanol–water partition coefficient (Wildman–Crippen LogP) is 2.84. The summed E-state index contributed by atoms with van der Waals surface area (Å²) in [6, 6.07) is 8.67. The molecular formula is C18H18Cl2N4O3. The van der Waals surface area contributed by atoms with Crippen molar-refractivity contribution in [2.24, 2.45) is 0 Å². The van der Waals surface area contributed by atoms with Crippen LogP contribution < -0.4 is 10.6 Å². The highest BCUT2D eigenvalue weighted by atomic mass is 35.5. The van der Waals surface area contributed by atoms with Crippen molar-refractivity contribution in [2.75, 3.05) is 30.3 Å². The molecule has 0 bridgehead atoms. The van der Waals surface area contributed by atoms with Crippen LogP contribution in [0.25, 0.3) is 0 Å². The van der Waals surface area contributed by atoms with E-state index in [4.69, 9.17) is 34.0 Å². The topological polar surface area (TPSA) is 99.8 Å². The number of carboxylic acid groups (broad SMARTS) is 1. The molecule has 2 heterocycles. The van der Waals surface area contributed by atoms with Crippen LogP contribution in [-0.2, 0) is 9.59 Å². The zero-order valence-corrected chi connectivity index (χ0v) is 15.8. The minimum Gasteiger partial charge on any atom is -0.481 e. The number of anilines is 2. The number of carbonyl (C=O) groups is 2. The van der Waals surface area contributed by atoms with E-state index in [0.29, 0.717) is 41.2 Å². The van der Waals surface area contributed by atoms with E-state index in [0.717, 1.165) is 5.56 Å². The number of hydrogen-bond donors (Lipinski definition) is 2. The standard InChI is InChI=1S/C18H18Cl2N4O3/c19-12-3-1-11(2-4-12)15-10-23(16(25)8-17(26)27)5-6-24(15)18-14(21)7-13(20)9-22-18/h1-4,7,9,15H,5-6,8,10,21H2,(H,26,27). The number of pyridine rings is 1. The summed E-state index contributed by atoms with van der Waals surface area (Å²) in [6.45, 7) is 1.15. The first-order chi connectivity index (χ1) is 12.8. The number of carboxylic acids is 1. The maximum atomic E-state index is 12.2. The van der Waals surface area contributed by atoms with Gasteiger partial charge in [-0.3, -0.25) is 9.59 Å². The minimum atomic E-state index is -1.14. The summed E-state index contributed by atoms with van der Waals surface area (Å²) in [4.78, 5) is 31.0. The van der Waals surface area contributed by atoms with E-state index in [2.05, 4.69) is 4.98 Å². The first-order valence-corrected chi connectivity index (χ1v) is 9.03. The maximum Gasteiger partial charge on any atom is 0.312 e.